The number of carbonyl (C=O) groups is 1. The molecule has 27 heavy (non-hydrogen) atoms. The largest absolute Gasteiger partial charge is 0.323 e. The molecule has 1 aromatic heterocycles. The van der Waals surface area contributed by atoms with Gasteiger partial charge in [-0.1, -0.05) is 59.8 Å². The Morgan fingerprint density at radius 1 is 1.26 bits per heavy atom. The van der Waals surface area contributed by atoms with Crippen LogP contribution in [-0.4, -0.2) is 26.3 Å². The number of aromatic nitrogens is 3. The second-order valence-electron chi connectivity index (χ2n) is 5.62. The predicted molar refractivity (Wildman–Crippen MR) is 107 cm³/mol. The van der Waals surface area contributed by atoms with Crippen molar-refractivity contribution in [2.75, 3.05) is 5.32 Å². The van der Waals surface area contributed by atoms with Crippen molar-refractivity contribution in [3.05, 3.63) is 70.8 Å². The van der Waals surface area contributed by atoms with E-state index in [1.165, 1.54) is 23.9 Å². The van der Waals surface area contributed by atoms with Crippen molar-refractivity contribution in [2.45, 2.75) is 17.3 Å². The Hall–Kier alpha value is -2.64. The maximum Gasteiger partial charge on any atom is 0.237 e. The smallest absolute Gasteiger partial charge is 0.237 e. The van der Waals surface area contributed by atoms with Crippen LogP contribution in [0.3, 0.4) is 0 Å². The van der Waals surface area contributed by atoms with Gasteiger partial charge in [-0.2, -0.15) is 0 Å². The number of aromatic amines is 1. The normalized spacial score (nSPS) is 12.3. The first-order chi connectivity index (χ1) is 13.0. The van der Waals surface area contributed by atoms with Crippen molar-refractivity contribution >= 4 is 47.1 Å². The highest BCUT2D eigenvalue weighted by Crippen LogP contribution is 2.23. The Morgan fingerprint density at radius 3 is 2.78 bits per heavy atom. The fourth-order valence-corrected chi connectivity index (χ4v) is 3.05. The van der Waals surface area contributed by atoms with Gasteiger partial charge in [0.1, 0.15) is 11.6 Å². The Kier molecular flexibility index (Phi) is 6.26. The van der Waals surface area contributed by atoms with Gasteiger partial charge < -0.3 is 5.32 Å². The van der Waals surface area contributed by atoms with Crippen LogP contribution in [0, 0.1) is 5.82 Å². The van der Waals surface area contributed by atoms with Crippen molar-refractivity contribution in [3.8, 4) is 0 Å². The van der Waals surface area contributed by atoms with Gasteiger partial charge in [-0.25, -0.2) is 9.37 Å². The van der Waals surface area contributed by atoms with Crippen molar-refractivity contribution < 1.29 is 9.18 Å². The molecule has 0 fully saturated rings. The van der Waals surface area contributed by atoms with E-state index in [9.17, 15) is 9.18 Å². The first-order valence-corrected chi connectivity index (χ1v) is 9.35. The van der Waals surface area contributed by atoms with Gasteiger partial charge in [0.25, 0.3) is 0 Å². The summed E-state index contributed by atoms with van der Waals surface area (Å²) in [7, 11) is 0. The van der Waals surface area contributed by atoms with Crippen LogP contribution in [0.1, 0.15) is 18.3 Å². The zero-order valence-corrected chi connectivity index (χ0v) is 15.9. The molecule has 138 valence electrons. The van der Waals surface area contributed by atoms with E-state index in [1.54, 1.807) is 13.0 Å². The lowest BCUT2D eigenvalue weighted by atomic mass is 10.2. The maximum absolute atomic E-state index is 13.8. The summed E-state index contributed by atoms with van der Waals surface area (Å²) in [4.78, 5) is 16.6. The number of hydrogen-bond donors (Lipinski definition) is 2. The first-order valence-electron chi connectivity index (χ1n) is 8.09. The zero-order chi connectivity index (χ0) is 19.2. The van der Waals surface area contributed by atoms with E-state index < -0.39 is 11.1 Å². The van der Waals surface area contributed by atoms with Crippen LogP contribution in [0.15, 0.2) is 53.7 Å². The van der Waals surface area contributed by atoms with E-state index >= 15 is 0 Å². The lowest BCUT2D eigenvalue weighted by Gasteiger charge is -2.10. The van der Waals surface area contributed by atoms with Gasteiger partial charge in [0.2, 0.25) is 11.1 Å². The number of H-pyrrole nitrogens is 1. The summed E-state index contributed by atoms with van der Waals surface area (Å²) in [6, 6.07) is 13.9. The summed E-state index contributed by atoms with van der Waals surface area (Å²) in [5.41, 5.74) is 1.12. The van der Waals surface area contributed by atoms with Gasteiger partial charge in [-0.05, 0) is 36.8 Å². The van der Waals surface area contributed by atoms with E-state index in [4.69, 9.17) is 11.6 Å². The molecule has 0 spiro atoms. The minimum atomic E-state index is -0.584. The van der Waals surface area contributed by atoms with Gasteiger partial charge in [0.05, 0.1) is 10.9 Å². The second-order valence-corrected chi connectivity index (χ2v) is 7.37. The zero-order valence-electron chi connectivity index (χ0n) is 14.3. The molecule has 2 aromatic carbocycles. The first kappa shape index (κ1) is 19.1. The maximum atomic E-state index is 13.8. The van der Waals surface area contributed by atoms with Crippen molar-refractivity contribution in [1.29, 1.82) is 0 Å². The Bertz CT molecular complexity index is 961. The van der Waals surface area contributed by atoms with E-state index in [2.05, 4.69) is 20.5 Å². The third kappa shape index (κ3) is 5.42. The molecule has 3 aromatic rings. The molecule has 0 saturated heterocycles. The number of amides is 1. The van der Waals surface area contributed by atoms with Gasteiger partial charge in [0.15, 0.2) is 0 Å². The molecule has 1 heterocycles. The van der Waals surface area contributed by atoms with Crippen LogP contribution in [0.4, 0.5) is 10.1 Å². The molecular formula is C19H16ClFN4OS. The second kappa shape index (κ2) is 8.83. The molecule has 0 aliphatic carbocycles. The minimum absolute atomic E-state index is 0.0818. The molecule has 0 aliphatic rings. The Balaban J connectivity index is 1.59. The number of nitrogens with one attached hydrogen (secondary N) is 2. The molecule has 1 amide bonds. The van der Waals surface area contributed by atoms with Gasteiger partial charge >= 0.3 is 0 Å². The van der Waals surface area contributed by atoms with Crippen LogP contribution in [0.25, 0.3) is 12.2 Å². The predicted octanol–water partition coefficient (Wildman–Crippen LogP) is 4.89. The van der Waals surface area contributed by atoms with Gasteiger partial charge in [-0.15, -0.1) is 5.10 Å². The number of rotatable bonds is 6. The monoisotopic (exact) mass is 402 g/mol. The molecule has 1 unspecified atom stereocenters. The number of anilines is 1. The van der Waals surface area contributed by atoms with Gasteiger partial charge in [-0.3, -0.25) is 9.89 Å². The van der Waals surface area contributed by atoms with Crippen molar-refractivity contribution in [2.24, 2.45) is 0 Å². The average molecular weight is 403 g/mol. The standard InChI is InChI=1S/C19H16ClFN4OS/c1-12(18(26)22-16-9-8-14(20)11-15(16)21)27-19-23-17(24-25-19)10-7-13-5-3-2-4-6-13/h2-12H,1H3,(H,22,26)(H,23,24,25)/b10-7+. The highest BCUT2D eigenvalue weighted by atomic mass is 35.5. The lowest BCUT2D eigenvalue weighted by Crippen LogP contribution is -2.23. The molecule has 5 nitrogen and oxygen atoms in total. The molecule has 2 N–H and O–H groups in total. The van der Waals surface area contributed by atoms with Crippen LogP contribution in [-0.2, 0) is 4.79 Å². The molecule has 0 saturated carbocycles. The number of benzene rings is 2. The minimum Gasteiger partial charge on any atom is -0.323 e. The molecule has 0 radical (unpaired) electrons. The third-order valence-electron chi connectivity index (χ3n) is 3.56. The van der Waals surface area contributed by atoms with E-state index in [-0.39, 0.29) is 16.6 Å². The SMILES string of the molecule is CC(Sc1n[nH]c(/C=C/c2ccccc2)n1)C(=O)Nc1ccc(Cl)cc1F. The highest BCUT2D eigenvalue weighted by Gasteiger charge is 2.18. The van der Waals surface area contributed by atoms with Crippen LogP contribution < -0.4 is 5.32 Å². The topological polar surface area (TPSA) is 70.7 Å². The summed E-state index contributed by atoms with van der Waals surface area (Å²) < 4.78 is 13.8. The number of halogens is 2. The Labute approximate surface area is 165 Å². The van der Waals surface area contributed by atoms with E-state index in [1.807, 2.05) is 36.4 Å². The summed E-state index contributed by atoms with van der Waals surface area (Å²) >= 11 is 6.88. The van der Waals surface area contributed by atoms with Crippen LogP contribution in [0.2, 0.25) is 5.02 Å². The molecular weight excluding hydrogens is 387 g/mol. The molecule has 1 atom stereocenters. The van der Waals surface area contributed by atoms with E-state index in [0.29, 0.717) is 11.0 Å². The summed E-state index contributed by atoms with van der Waals surface area (Å²) in [5.74, 6) is -0.357. The molecule has 8 heteroatoms. The quantitative estimate of drug-likeness (QED) is 0.576. The van der Waals surface area contributed by atoms with Crippen molar-refractivity contribution in [1.82, 2.24) is 15.2 Å². The third-order valence-corrected chi connectivity index (χ3v) is 4.75. The molecule has 3 rings (SSSR count). The van der Waals surface area contributed by atoms with Gasteiger partial charge in [0, 0.05) is 5.02 Å². The summed E-state index contributed by atoms with van der Waals surface area (Å²) in [6.07, 6.45) is 3.72. The molecule has 0 aliphatic heterocycles. The van der Waals surface area contributed by atoms with Crippen LogP contribution in [0.5, 0.6) is 0 Å². The number of thioether (sulfide) groups is 1. The average Bonchev–Trinajstić information content (AvgIpc) is 3.10. The fraction of sp³-hybridized carbons (Fsp3) is 0.105. The van der Waals surface area contributed by atoms with E-state index in [0.717, 1.165) is 11.6 Å². The Morgan fingerprint density at radius 2 is 2.04 bits per heavy atom. The highest BCUT2D eigenvalue weighted by molar-refractivity contribution is 8.00. The summed E-state index contributed by atoms with van der Waals surface area (Å²) in [6.45, 7) is 1.70. The van der Waals surface area contributed by atoms with Crippen molar-refractivity contribution in [3.63, 3.8) is 0 Å². The number of hydrogen-bond acceptors (Lipinski definition) is 4. The fourth-order valence-electron chi connectivity index (χ4n) is 2.16. The molecule has 0 bridgehead atoms. The number of nitrogens with zero attached hydrogens (tertiary/aromatic N) is 2. The number of carbonyl (C=O) groups excluding carboxylic acids is 1. The lowest BCUT2D eigenvalue weighted by molar-refractivity contribution is -0.115. The summed E-state index contributed by atoms with van der Waals surface area (Å²) in [5, 5.41) is 9.63. The van der Waals surface area contributed by atoms with Crippen LogP contribution >= 0.6 is 23.4 Å².